The molecular formula is C26H21ClF3N3O2S2. The number of halogens is 4. The van der Waals surface area contributed by atoms with E-state index in [0.29, 0.717) is 27.0 Å². The number of nitrogens with one attached hydrogen (secondary N) is 1. The van der Waals surface area contributed by atoms with E-state index in [4.69, 9.17) is 16.6 Å². The molecule has 5 nitrogen and oxygen atoms in total. The van der Waals surface area contributed by atoms with Gasteiger partial charge in [0.25, 0.3) is 5.56 Å². The van der Waals surface area contributed by atoms with Crippen LogP contribution in [0.1, 0.15) is 29.3 Å². The van der Waals surface area contributed by atoms with Gasteiger partial charge in [0, 0.05) is 10.6 Å². The summed E-state index contributed by atoms with van der Waals surface area (Å²) in [7, 11) is 0. The smallest absolute Gasteiger partial charge is 0.325 e. The zero-order valence-corrected chi connectivity index (χ0v) is 22.0. The van der Waals surface area contributed by atoms with Gasteiger partial charge in [-0.2, -0.15) is 13.2 Å². The fourth-order valence-electron chi connectivity index (χ4n) is 4.42. The number of thiophene rings is 1. The number of hydrogen-bond donors (Lipinski definition) is 1. The van der Waals surface area contributed by atoms with E-state index >= 15 is 0 Å². The predicted molar refractivity (Wildman–Crippen MR) is 142 cm³/mol. The van der Waals surface area contributed by atoms with E-state index in [9.17, 15) is 22.8 Å². The minimum absolute atomic E-state index is 0.0220. The summed E-state index contributed by atoms with van der Waals surface area (Å²) in [6.07, 6.45) is -1.89. The van der Waals surface area contributed by atoms with Gasteiger partial charge < -0.3 is 5.32 Å². The van der Waals surface area contributed by atoms with Crippen LogP contribution in [0.25, 0.3) is 15.9 Å². The van der Waals surface area contributed by atoms with Crippen molar-refractivity contribution >= 4 is 56.5 Å². The maximum atomic E-state index is 13.8. The summed E-state index contributed by atoms with van der Waals surface area (Å²) < 4.78 is 41.0. The van der Waals surface area contributed by atoms with Gasteiger partial charge in [-0.05, 0) is 61.1 Å². The summed E-state index contributed by atoms with van der Waals surface area (Å²) in [4.78, 5) is 33.0. The highest BCUT2D eigenvalue weighted by atomic mass is 35.5. The highest BCUT2D eigenvalue weighted by molar-refractivity contribution is 7.99. The number of anilines is 1. The lowest BCUT2D eigenvalue weighted by Gasteiger charge is -2.17. The number of thioether (sulfide) groups is 1. The van der Waals surface area contributed by atoms with Crippen LogP contribution in [0.3, 0.4) is 0 Å². The third-order valence-electron chi connectivity index (χ3n) is 6.20. The second-order valence-electron chi connectivity index (χ2n) is 8.93. The molecule has 0 bridgehead atoms. The zero-order valence-electron chi connectivity index (χ0n) is 19.6. The van der Waals surface area contributed by atoms with E-state index in [-0.39, 0.29) is 17.0 Å². The van der Waals surface area contributed by atoms with E-state index in [1.54, 1.807) is 12.1 Å². The number of nitrogens with zero attached hydrogens (tertiary/aromatic N) is 2. The number of carbonyl (C=O) groups is 1. The van der Waals surface area contributed by atoms with E-state index in [0.717, 1.165) is 48.7 Å². The fourth-order valence-corrected chi connectivity index (χ4v) is 6.88. The number of amides is 1. The molecule has 0 aliphatic heterocycles. The van der Waals surface area contributed by atoms with Gasteiger partial charge in [-0.3, -0.25) is 14.2 Å². The van der Waals surface area contributed by atoms with Gasteiger partial charge in [0.1, 0.15) is 4.83 Å². The second kappa shape index (κ2) is 10.2. The first kappa shape index (κ1) is 25.8. The fraction of sp³-hybridized carbons (Fsp3) is 0.269. The van der Waals surface area contributed by atoms with Gasteiger partial charge in [0.15, 0.2) is 5.16 Å². The third kappa shape index (κ3) is 5.28. The van der Waals surface area contributed by atoms with Crippen LogP contribution in [-0.2, 0) is 23.8 Å². The Morgan fingerprint density at radius 3 is 2.73 bits per heavy atom. The number of carbonyl (C=O) groups excluding carboxylic acids is 1. The molecule has 1 aliphatic rings. The summed E-state index contributed by atoms with van der Waals surface area (Å²) in [6.45, 7) is 2.20. The van der Waals surface area contributed by atoms with Gasteiger partial charge in [-0.25, -0.2) is 4.98 Å². The molecule has 0 spiro atoms. The number of aryl methyl sites for hydroxylation is 1. The SMILES string of the molecule is C[C@@H]1CCc2c(sc3nc(SCC(=O)Nc4ccc(Cl)c(C(F)(F)F)c4)n(-c4ccccc4)c(=O)c23)C1. The summed E-state index contributed by atoms with van der Waals surface area (Å²) in [5, 5.41) is 3.00. The number of fused-ring (bicyclic) bond motifs is 3. The first-order valence-electron chi connectivity index (χ1n) is 11.5. The van der Waals surface area contributed by atoms with Crippen LogP contribution in [0.4, 0.5) is 18.9 Å². The molecule has 2 aromatic heterocycles. The van der Waals surface area contributed by atoms with Crippen LogP contribution in [0.5, 0.6) is 0 Å². The van der Waals surface area contributed by atoms with Crippen LogP contribution in [0.2, 0.25) is 5.02 Å². The molecule has 2 heterocycles. The first-order valence-corrected chi connectivity index (χ1v) is 13.7. The summed E-state index contributed by atoms with van der Waals surface area (Å²) in [5.41, 5.74) is 0.463. The molecule has 11 heteroatoms. The van der Waals surface area contributed by atoms with E-state index < -0.39 is 22.7 Å². The van der Waals surface area contributed by atoms with Crippen LogP contribution >= 0.6 is 34.7 Å². The second-order valence-corrected chi connectivity index (χ2v) is 11.4. The molecule has 1 atom stereocenters. The number of para-hydroxylation sites is 1. The largest absolute Gasteiger partial charge is 0.417 e. The first-order chi connectivity index (χ1) is 17.6. The maximum absolute atomic E-state index is 13.8. The van der Waals surface area contributed by atoms with E-state index in [1.807, 2.05) is 18.2 Å². The molecule has 1 amide bonds. The van der Waals surface area contributed by atoms with E-state index in [2.05, 4.69) is 12.2 Å². The van der Waals surface area contributed by atoms with Gasteiger partial charge in [0.2, 0.25) is 5.91 Å². The number of rotatable bonds is 5. The molecular weight excluding hydrogens is 543 g/mol. The van der Waals surface area contributed by atoms with Gasteiger partial charge in [-0.1, -0.05) is 48.5 Å². The minimum Gasteiger partial charge on any atom is -0.325 e. The summed E-state index contributed by atoms with van der Waals surface area (Å²) >= 11 is 8.24. The monoisotopic (exact) mass is 563 g/mol. The lowest BCUT2D eigenvalue weighted by Crippen LogP contribution is -2.23. The van der Waals surface area contributed by atoms with Crippen molar-refractivity contribution in [2.75, 3.05) is 11.1 Å². The van der Waals surface area contributed by atoms with Gasteiger partial charge in [-0.15, -0.1) is 11.3 Å². The Labute approximate surface area is 223 Å². The minimum atomic E-state index is -4.64. The zero-order chi connectivity index (χ0) is 26.3. The molecule has 192 valence electrons. The van der Waals surface area contributed by atoms with Crippen molar-refractivity contribution in [3.05, 3.63) is 79.9 Å². The van der Waals surface area contributed by atoms with Crippen molar-refractivity contribution in [1.82, 2.24) is 9.55 Å². The molecule has 2 aromatic carbocycles. The molecule has 0 saturated heterocycles. The molecule has 0 fully saturated rings. The lowest BCUT2D eigenvalue weighted by atomic mass is 9.89. The van der Waals surface area contributed by atoms with Gasteiger partial charge >= 0.3 is 6.18 Å². The molecule has 5 rings (SSSR count). The van der Waals surface area contributed by atoms with Crippen LogP contribution in [0.15, 0.2) is 58.5 Å². The van der Waals surface area contributed by atoms with Crippen molar-refractivity contribution in [3.63, 3.8) is 0 Å². The highest BCUT2D eigenvalue weighted by Gasteiger charge is 2.33. The number of alkyl halides is 3. The quantitative estimate of drug-likeness (QED) is 0.210. The van der Waals surface area contributed by atoms with Crippen LogP contribution in [0, 0.1) is 5.92 Å². The van der Waals surface area contributed by atoms with Crippen molar-refractivity contribution in [2.24, 2.45) is 5.92 Å². The molecule has 0 unspecified atom stereocenters. The maximum Gasteiger partial charge on any atom is 0.417 e. The number of aromatic nitrogens is 2. The lowest BCUT2D eigenvalue weighted by molar-refractivity contribution is -0.137. The Morgan fingerprint density at radius 2 is 2.00 bits per heavy atom. The predicted octanol–water partition coefficient (Wildman–Crippen LogP) is 6.98. The molecule has 0 radical (unpaired) electrons. The van der Waals surface area contributed by atoms with Crippen LogP contribution in [-0.4, -0.2) is 21.2 Å². The van der Waals surface area contributed by atoms with Gasteiger partial charge in [0.05, 0.1) is 27.4 Å². The van der Waals surface area contributed by atoms with E-state index in [1.165, 1.54) is 26.8 Å². The average Bonchev–Trinajstić information content (AvgIpc) is 3.21. The molecule has 0 saturated carbocycles. The molecule has 4 aromatic rings. The number of hydrogen-bond acceptors (Lipinski definition) is 5. The standard InChI is InChI=1S/C26H21ClF3N3O2S2/c1-14-7-9-17-20(11-14)37-23-22(17)24(35)33(16-5-3-2-4-6-16)25(32-23)36-13-21(34)31-15-8-10-19(27)18(12-15)26(28,29)30/h2-6,8,10,12,14H,7,9,11,13H2,1H3,(H,31,34)/t14-/m1/s1. The van der Waals surface area contributed by atoms with Crippen molar-refractivity contribution < 1.29 is 18.0 Å². The third-order valence-corrected chi connectivity index (χ3v) is 8.62. The summed E-state index contributed by atoms with van der Waals surface area (Å²) in [5.74, 6) is -0.148. The molecule has 1 N–H and O–H groups in total. The molecule has 1 aliphatic carbocycles. The number of benzene rings is 2. The van der Waals surface area contributed by atoms with Crippen LogP contribution < -0.4 is 10.9 Å². The highest BCUT2D eigenvalue weighted by Crippen LogP contribution is 2.38. The Hall–Kier alpha value is -2.82. The Balaban J connectivity index is 1.46. The topological polar surface area (TPSA) is 64.0 Å². The van der Waals surface area contributed by atoms with Crippen molar-refractivity contribution in [3.8, 4) is 5.69 Å². The van der Waals surface area contributed by atoms with Crippen molar-refractivity contribution in [2.45, 2.75) is 37.5 Å². The average molecular weight is 564 g/mol. The molecule has 37 heavy (non-hydrogen) atoms. The van der Waals surface area contributed by atoms with Crippen molar-refractivity contribution in [1.29, 1.82) is 0 Å². The summed E-state index contributed by atoms with van der Waals surface area (Å²) in [6, 6.07) is 12.3. The Morgan fingerprint density at radius 1 is 1.24 bits per heavy atom. The normalized spacial score (nSPS) is 15.5. The Bertz CT molecular complexity index is 1550. The Kier molecular flexibility index (Phi) is 7.08.